The van der Waals surface area contributed by atoms with E-state index in [9.17, 15) is 14.7 Å². The van der Waals surface area contributed by atoms with E-state index in [2.05, 4.69) is 53.5 Å². The molecule has 0 aliphatic heterocycles. The summed E-state index contributed by atoms with van der Waals surface area (Å²) in [5.74, 6) is -1.38. The van der Waals surface area contributed by atoms with Gasteiger partial charge in [-0.25, -0.2) is 0 Å². The standard InChI is InChI=1S/C27H39N5O3/c1-20(2)32(21(3)4)18-10-6-9-17-28-25(27(34)35)19-26(33)29-22-13-15-24(16-14-22)31-30-23-11-7-5-8-12-23/h5,7-8,11-16,20-21,25,28H,6,9-10,17-19H2,1-4H3,(H,29,33)(H,34,35)/t25-/m1/s1. The second-order valence-electron chi connectivity index (χ2n) is 9.17. The average molecular weight is 482 g/mol. The molecular formula is C27H39N5O3. The van der Waals surface area contributed by atoms with Gasteiger partial charge in [-0.15, -0.1) is 0 Å². The van der Waals surface area contributed by atoms with Crippen LogP contribution in [0.2, 0.25) is 0 Å². The number of amides is 1. The van der Waals surface area contributed by atoms with Crippen molar-refractivity contribution in [3.8, 4) is 0 Å². The number of benzene rings is 2. The number of nitrogens with zero attached hydrogens (tertiary/aromatic N) is 3. The quantitative estimate of drug-likeness (QED) is 0.221. The largest absolute Gasteiger partial charge is 0.480 e. The zero-order valence-corrected chi connectivity index (χ0v) is 21.3. The number of anilines is 1. The molecule has 2 rings (SSSR count). The van der Waals surface area contributed by atoms with E-state index in [4.69, 9.17) is 0 Å². The van der Waals surface area contributed by atoms with Gasteiger partial charge in [0.25, 0.3) is 0 Å². The van der Waals surface area contributed by atoms with Crippen LogP contribution in [0.4, 0.5) is 17.1 Å². The van der Waals surface area contributed by atoms with E-state index in [1.165, 1.54) is 0 Å². The lowest BCUT2D eigenvalue weighted by Crippen LogP contribution is -2.40. The van der Waals surface area contributed by atoms with Crippen LogP contribution in [-0.2, 0) is 9.59 Å². The van der Waals surface area contributed by atoms with Gasteiger partial charge in [-0.3, -0.25) is 14.5 Å². The first-order valence-electron chi connectivity index (χ1n) is 12.3. The predicted molar refractivity (Wildman–Crippen MR) is 141 cm³/mol. The Balaban J connectivity index is 1.73. The van der Waals surface area contributed by atoms with E-state index in [-0.39, 0.29) is 12.3 Å². The zero-order valence-electron chi connectivity index (χ0n) is 21.3. The van der Waals surface area contributed by atoms with Crippen LogP contribution in [0.15, 0.2) is 64.8 Å². The van der Waals surface area contributed by atoms with Crippen molar-refractivity contribution < 1.29 is 14.7 Å². The third kappa shape index (κ3) is 10.8. The number of carbonyl (C=O) groups is 2. The SMILES string of the molecule is CC(C)N(CCCCCN[C@H](CC(=O)Nc1ccc(N=Nc2ccccc2)cc1)C(=O)O)C(C)C. The summed E-state index contributed by atoms with van der Waals surface area (Å²) in [6.45, 7) is 10.4. The molecule has 0 spiro atoms. The van der Waals surface area contributed by atoms with Crippen molar-refractivity contribution in [1.29, 1.82) is 0 Å². The summed E-state index contributed by atoms with van der Waals surface area (Å²) in [6, 6.07) is 16.4. The molecule has 8 nitrogen and oxygen atoms in total. The monoisotopic (exact) mass is 481 g/mol. The maximum Gasteiger partial charge on any atom is 0.321 e. The first-order valence-corrected chi connectivity index (χ1v) is 12.3. The number of rotatable bonds is 15. The number of carboxylic acids is 1. The summed E-state index contributed by atoms with van der Waals surface area (Å²) in [5, 5.41) is 23.6. The van der Waals surface area contributed by atoms with E-state index in [0.29, 0.717) is 30.0 Å². The highest BCUT2D eigenvalue weighted by atomic mass is 16.4. The molecular weight excluding hydrogens is 442 g/mol. The van der Waals surface area contributed by atoms with E-state index in [0.717, 1.165) is 31.5 Å². The molecule has 0 bridgehead atoms. The van der Waals surface area contributed by atoms with Crippen LogP contribution in [0.3, 0.4) is 0 Å². The number of azo groups is 1. The molecule has 0 unspecified atom stereocenters. The van der Waals surface area contributed by atoms with Gasteiger partial charge >= 0.3 is 5.97 Å². The number of carboxylic acid groups (broad SMARTS) is 1. The van der Waals surface area contributed by atoms with Crippen molar-refractivity contribution in [3.05, 3.63) is 54.6 Å². The normalized spacial score (nSPS) is 12.5. The van der Waals surface area contributed by atoms with Crippen molar-refractivity contribution >= 4 is 28.9 Å². The Labute approximate surface area is 208 Å². The Morgan fingerprint density at radius 1 is 0.857 bits per heavy atom. The van der Waals surface area contributed by atoms with Crippen LogP contribution >= 0.6 is 0 Å². The Hall–Kier alpha value is -3.10. The van der Waals surface area contributed by atoms with Gasteiger partial charge in [0.15, 0.2) is 0 Å². The molecule has 3 N–H and O–H groups in total. The molecule has 2 aromatic carbocycles. The van der Waals surface area contributed by atoms with E-state index >= 15 is 0 Å². The zero-order chi connectivity index (χ0) is 25.6. The van der Waals surface area contributed by atoms with Gasteiger partial charge in [0, 0.05) is 17.8 Å². The highest BCUT2D eigenvalue weighted by Crippen LogP contribution is 2.20. The molecule has 0 heterocycles. The first kappa shape index (κ1) is 28.1. The Kier molecular flexibility index (Phi) is 12.1. The molecule has 190 valence electrons. The molecule has 2 aromatic rings. The lowest BCUT2D eigenvalue weighted by molar-refractivity contribution is -0.141. The number of hydrogen-bond donors (Lipinski definition) is 3. The number of hydrogen-bond acceptors (Lipinski definition) is 6. The van der Waals surface area contributed by atoms with Crippen LogP contribution in [0.5, 0.6) is 0 Å². The molecule has 35 heavy (non-hydrogen) atoms. The van der Waals surface area contributed by atoms with Crippen LogP contribution in [0, 0.1) is 0 Å². The fraction of sp³-hybridized carbons (Fsp3) is 0.481. The fourth-order valence-corrected chi connectivity index (χ4v) is 3.85. The Morgan fingerprint density at radius 3 is 2.03 bits per heavy atom. The van der Waals surface area contributed by atoms with Gasteiger partial charge in [-0.05, 0) is 90.0 Å². The summed E-state index contributed by atoms with van der Waals surface area (Å²) >= 11 is 0. The number of aliphatic carboxylic acids is 1. The summed E-state index contributed by atoms with van der Waals surface area (Å²) in [4.78, 5) is 26.5. The Morgan fingerprint density at radius 2 is 1.46 bits per heavy atom. The summed E-state index contributed by atoms with van der Waals surface area (Å²) < 4.78 is 0. The highest BCUT2D eigenvalue weighted by Gasteiger charge is 2.20. The van der Waals surface area contributed by atoms with Crippen LogP contribution in [-0.4, -0.2) is 53.1 Å². The van der Waals surface area contributed by atoms with E-state index in [1.54, 1.807) is 24.3 Å². The minimum atomic E-state index is -1.03. The topological polar surface area (TPSA) is 106 Å². The molecule has 0 aromatic heterocycles. The maximum absolute atomic E-state index is 12.4. The van der Waals surface area contributed by atoms with Crippen molar-refractivity contribution in [3.63, 3.8) is 0 Å². The minimum Gasteiger partial charge on any atom is -0.480 e. The lowest BCUT2D eigenvalue weighted by Gasteiger charge is -2.30. The molecule has 1 atom stereocenters. The van der Waals surface area contributed by atoms with Crippen LogP contribution in [0.1, 0.15) is 53.4 Å². The first-order chi connectivity index (χ1) is 16.8. The predicted octanol–water partition coefficient (Wildman–Crippen LogP) is 5.76. The van der Waals surface area contributed by atoms with Gasteiger partial charge in [0.2, 0.25) is 5.91 Å². The third-order valence-electron chi connectivity index (χ3n) is 5.69. The van der Waals surface area contributed by atoms with Gasteiger partial charge in [0.05, 0.1) is 17.8 Å². The number of carbonyl (C=O) groups excluding carboxylic acids is 1. The molecule has 0 saturated carbocycles. The summed E-state index contributed by atoms with van der Waals surface area (Å²) in [5.41, 5.74) is 1.99. The minimum absolute atomic E-state index is 0.140. The third-order valence-corrected chi connectivity index (χ3v) is 5.69. The second-order valence-corrected chi connectivity index (χ2v) is 9.17. The number of nitrogens with one attached hydrogen (secondary N) is 2. The molecule has 0 fully saturated rings. The van der Waals surface area contributed by atoms with Crippen LogP contribution in [0.25, 0.3) is 0 Å². The fourth-order valence-electron chi connectivity index (χ4n) is 3.85. The average Bonchev–Trinajstić information content (AvgIpc) is 2.82. The van der Waals surface area contributed by atoms with Gasteiger partial charge in [-0.2, -0.15) is 10.2 Å². The molecule has 0 radical (unpaired) electrons. The summed E-state index contributed by atoms with van der Waals surface area (Å²) in [7, 11) is 0. The van der Waals surface area contributed by atoms with Crippen molar-refractivity contribution in [2.75, 3.05) is 18.4 Å². The second kappa shape index (κ2) is 15.0. The summed E-state index contributed by atoms with van der Waals surface area (Å²) in [6.07, 6.45) is 2.81. The van der Waals surface area contributed by atoms with Crippen molar-refractivity contribution in [2.24, 2.45) is 10.2 Å². The molecule has 0 aliphatic rings. The van der Waals surface area contributed by atoms with Crippen LogP contribution < -0.4 is 10.6 Å². The molecule has 1 amide bonds. The maximum atomic E-state index is 12.4. The van der Waals surface area contributed by atoms with Crippen molar-refractivity contribution in [1.82, 2.24) is 10.2 Å². The van der Waals surface area contributed by atoms with Gasteiger partial charge in [-0.1, -0.05) is 24.6 Å². The smallest absolute Gasteiger partial charge is 0.321 e. The highest BCUT2D eigenvalue weighted by molar-refractivity contribution is 5.94. The van der Waals surface area contributed by atoms with Crippen molar-refractivity contribution in [2.45, 2.75) is 71.5 Å². The molecule has 8 heteroatoms. The Bertz CT molecular complexity index is 922. The number of unbranched alkanes of at least 4 members (excludes halogenated alkanes) is 2. The lowest BCUT2D eigenvalue weighted by atomic mass is 10.1. The molecule has 0 saturated heterocycles. The molecule has 0 aliphatic carbocycles. The van der Waals surface area contributed by atoms with Gasteiger partial charge in [0.1, 0.15) is 6.04 Å². The van der Waals surface area contributed by atoms with E-state index in [1.807, 2.05) is 30.3 Å². The van der Waals surface area contributed by atoms with E-state index < -0.39 is 12.0 Å². The van der Waals surface area contributed by atoms with Gasteiger partial charge < -0.3 is 15.7 Å².